The van der Waals surface area contributed by atoms with Crippen LogP contribution in [0.25, 0.3) is 10.6 Å². The van der Waals surface area contributed by atoms with Gasteiger partial charge in [0.1, 0.15) is 15.6 Å². The van der Waals surface area contributed by atoms with Crippen molar-refractivity contribution in [3.05, 3.63) is 63.5 Å². The number of amides is 2. The Kier molecular flexibility index (Phi) is 4.87. The lowest BCUT2D eigenvalue weighted by Gasteiger charge is -2.05. The lowest BCUT2D eigenvalue weighted by atomic mass is 10.2. The Labute approximate surface area is 152 Å². The van der Waals surface area contributed by atoms with E-state index >= 15 is 0 Å². The molecule has 2 amide bonds. The molecule has 0 unspecified atom stereocenters. The first-order valence-electron chi connectivity index (χ1n) is 7.34. The maximum Gasteiger partial charge on any atom is 0.281 e. The Bertz CT molecular complexity index is 931. The number of hydrogen-bond acceptors (Lipinski definition) is 5. The molecule has 0 spiro atoms. The van der Waals surface area contributed by atoms with Gasteiger partial charge in [0, 0.05) is 10.6 Å². The van der Waals surface area contributed by atoms with Crippen molar-refractivity contribution in [3.63, 3.8) is 0 Å². The standard InChI is InChI=1S/C17H14ClN3O3S/c1-9-14(25-17(19-9)11-3-5-12(18)6-4-11)16(23)21-20-15(22)13-7-8-24-10(13)2/h3-8H,1-2H3,(H,20,22)(H,21,23). The van der Waals surface area contributed by atoms with Gasteiger partial charge in [-0.3, -0.25) is 20.4 Å². The summed E-state index contributed by atoms with van der Waals surface area (Å²) < 4.78 is 5.07. The number of hydrogen-bond donors (Lipinski definition) is 2. The van der Waals surface area contributed by atoms with Crippen molar-refractivity contribution in [2.24, 2.45) is 0 Å². The van der Waals surface area contributed by atoms with E-state index in [-0.39, 0.29) is 0 Å². The van der Waals surface area contributed by atoms with E-state index in [1.165, 1.54) is 23.7 Å². The zero-order valence-corrected chi connectivity index (χ0v) is 15.0. The van der Waals surface area contributed by atoms with Crippen molar-refractivity contribution in [2.75, 3.05) is 0 Å². The molecule has 1 aromatic carbocycles. The third-order valence-electron chi connectivity index (χ3n) is 3.49. The first-order valence-corrected chi connectivity index (χ1v) is 8.53. The van der Waals surface area contributed by atoms with E-state index < -0.39 is 11.8 Å². The van der Waals surface area contributed by atoms with Gasteiger partial charge in [-0.1, -0.05) is 23.7 Å². The molecular weight excluding hydrogens is 362 g/mol. The molecular formula is C17H14ClN3O3S. The van der Waals surface area contributed by atoms with Gasteiger partial charge in [-0.05, 0) is 32.0 Å². The van der Waals surface area contributed by atoms with Crippen LogP contribution in [-0.2, 0) is 0 Å². The number of hydrazine groups is 1. The van der Waals surface area contributed by atoms with Crippen LogP contribution in [-0.4, -0.2) is 16.8 Å². The number of benzene rings is 1. The average Bonchev–Trinajstić information content (AvgIpc) is 3.19. The minimum absolute atomic E-state index is 0.364. The third-order valence-corrected chi connectivity index (χ3v) is 4.94. The molecule has 8 heteroatoms. The molecule has 2 N–H and O–H groups in total. The number of aryl methyl sites for hydroxylation is 2. The molecule has 0 aliphatic carbocycles. The number of aromatic nitrogens is 1. The fourth-order valence-electron chi connectivity index (χ4n) is 2.18. The monoisotopic (exact) mass is 375 g/mol. The van der Waals surface area contributed by atoms with Crippen molar-refractivity contribution in [1.82, 2.24) is 15.8 Å². The molecule has 0 bridgehead atoms. The van der Waals surface area contributed by atoms with Crippen LogP contribution < -0.4 is 10.9 Å². The highest BCUT2D eigenvalue weighted by molar-refractivity contribution is 7.17. The molecule has 25 heavy (non-hydrogen) atoms. The molecule has 2 heterocycles. The molecule has 3 rings (SSSR count). The molecule has 0 radical (unpaired) electrons. The topological polar surface area (TPSA) is 84.2 Å². The second kappa shape index (κ2) is 7.08. The number of nitrogens with one attached hydrogen (secondary N) is 2. The van der Waals surface area contributed by atoms with Crippen molar-refractivity contribution in [2.45, 2.75) is 13.8 Å². The summed E-state index contributed by atoms with van der Waals surface area (Å²) in [5.74, 6) is -0.393. The molecule has 0 aliphatic heterocycles. The zero-order chi connectivity index (χ0) is 18.0. The maximum absolute atomic E-state index is 12.3. The average molecular weight is 376 g/mol. The van der Waals surface area contributed by atoms with Crippen molar-refractivity contribution < 1.29 is 14.0 Å². The fourth-order valence-corrected chi connectivity index (χ4v) is 3.27. The van der Waals surface area contributed by atoms with Gasteiger partial charge < -0.3 is 4.42 Å². The van der Waals surface area contributed by atoms with Gasteiger partial charge in [0.15, 0.2) is 0 Å². The van der Waals surface area contributed by atoms with E-state index in [0.29, 0.717) is 31.9 Å². The van der Waals surface area contributed by atoms with Crippen molar-refractivity contribution >= 4 is 34.8 Å². The van der Waals surface area contributed by atoms with E-state index in [2.05, 4.69) is 15.8 Å². The van der Waals surface area contributed by atoms with E-state index in [0.717, 1.165) is 5.56 Å². The van der Waals surface area contributed by atoms with E-state index in [1.807, 2.05) is 12.1 Å². The number of carbonyl (C=O) groups excluding carboxylic acids is 2. The normalized spacial score (nSPS) is 10.5. The molecule has 128 valence electrons. The summed E-state index contributed by atoms with van der Waals surface area (Å²) >= 11 is 7.13. The Morgan fingerprint density at radius 1 is 1.08 bits per heavy atom. The van der Waals surface area contributed by atoms with Gasteiger partial charge in [0.2, 0.25) is 0 Å². The summed E-state index contributed by atoms with van der Waals surface area (Å²) in [7, 11) is 0. The highest BCUT2D eigenvalue weighted by Crippen LogP contribution is 2.28. The van der Waals surface area contributed by atoms with Crippen LogP contribution in [0.5, 0.6) is 0 Å². The first kappa shape index (κ1) is 17.2. The molecule has 0 aliphatic rings. The van der Waals surface area contributed by atoms with Gasteiger partial charge in [0.25, 0.3) is 11.8 Å². The van der Waals surface area contributed by atoms with Crippen LogP contribution in [0.15, 0.2) is 41.0 Å². The Hall–Kier alpha value is -2.64. The number of rotatable bonds is 3. The highest BCUT2D eigenvalue weighted by atomic mass is 35.5. The van der Waals surface area contributed by atoms with Crippen molar-refractivity contribution in [1.29, 1.82) is 0 Å². The maximum atomic E-state index is 12.3. The zero-order valence-electron chi connectivity index (χ0n) is 13.4. The van der Waals surface area contributed by atoms with Crippen LogP contribution in [0.3, 0.4) is 0 Å². The SMILES string of the molecule is Cc1nc(-c2ccc(Cl)cc2)sc1C(=O)NNC(=O)c1ccoc1C. The lowest BCUT2D eigenvalue weighted by Crippen LogP contribution is -2.41. The molecule has 0 saturated carbocycles. The second-order valence-electron chi connectivity index (χ2n) is 5.24. The minimum Gasteiger partial charge on any atom is -0.469 e. The predicted molar refractivity (Wildman–Crippen MR) is 95.7 cm³/mol. The van der Waals surface area contributed by atoms with Gasteiger partial charge >= 0.3 is 0 Å². The summed E-state index contributed by atoms with van der Waals surface area (Å²) in [6, 6.07) is 8.74. The van der Waals surface area contributed by atoms with Gasteiger partial charge in [-0.15, -0.1) is 11.3 Å². The fraction of sp³-hybridized carbons (Fsp3) is 0.118. The smallest absolute Gasteiger partial charge is 0.281 e. The first-order chi connectivity index (χ1) is 12.0. The Morgan fingerprint density at radius 3 is 2.40 bits per heavy atom. The van der Waals surface area contributed by atoms with Gasteiger partial charge in [-0.2, -0.15) is 0 Å². The van der Waals surface area contributed by atoms with Crippen LogP contribution in [0.1, 0.15) is 31.5 Å². The highest BCUT2D eigenvalue weighted by Gasteiger charge is 2.18. The number of thiazole rings is 1. The molecule has 0 saturated heterocycles. The van der Waals surface area contributed by atoms with Crippen LogP contribution in [0.2, 0.25) is 5.02 Å². The lowest BCUT2D eigenvalue weighted by molar-refractivity contribution is 0.0847. The molecule has 3 aromatic rings. The largest absolute Gasteiger partial charge is 0.469 e. The van der Waals surface area contributed by atoms with Crippen molar-refractivity contribution in [3.8, 4) is 10.6 Å². The third kappa shape index (κ3) is 3.72. The summed E-state index contributed by atoms with van der Waals surface area (Å²) in [6.07, 6.45) is 1.41. The van der Waals surface area contributed by atoms with Crippen LogP contribution in [0, 0.1) is 13.8 Å². The molecule has 0 fully saturated rings. The molecule has 6 nitrogen and oxygen atoms in total. The quantitative estimate of drug-likeness (QED) is 0.683. The summed E-state index contributed by atoms with van der Waals surface area (Å²) in [5.41, 5.74) is 6.59. The molecule has 2 aromatic heterocycles. The number of carbonyl (C=O) groups is 2. The Morgan fingerprint density at radius 2 is 1.76 bits per heavy atom. The van der Waals surface area contributed by atoms with E-state index in [9.17, 15) is 9.59 Å². The predicted octanol–water partition coefficient (Wildman–Crippen LogP) is 3.75. The second-order valence-corrected chi connectivity index (χ2v) is 6.67. The van der Waals surface area contributed by atoms with E-state index in [1.54, 1.807) is 26.0 Å². The van der Waals surface area contributed by atoms with Gasteiger partial charge in [-0.25, -0.2) is 4.98 Å². The number of halogens is 1. The van der Waals surface area contributed by atoms with E-state index in [4.69, 9.17) is 16.0 Å². The summed E-state index contributed by atoms with van der Waals surface area (Å²) in [6.45, 7) is 3.41. The van der Waals surface area contributed by atoms with Crippen LogP contribution in [0.4, 0.5) is 0 Å². The summed E-state index contributed by atoms with van der Waals surface area (Å²) in [5, 5.41) is 1.34. The molecule has 0 atom stereocenters. The van der Waals surface area contributed by atoms with Crippen LogP contribution >= 0.6 is 22.9 Å². The summed E-state index contributed by atoms with van der Waals surface area (Å²) in [4.78, 5) is 29.2. The number of nitrogens with zero attached hydrogens (tertiary/aromatic N) is 1. The van der Waals surface area contributed by atoms with Gasteiger partial charge in [0.05, 0.1) is 17.5 Å². The number of furan rings is 1. The minimum atomic E-state index is -0.445. The Balaban J connectivity index is 1.71.